The van der Waals surface area contributed by atoms with Crippen LogP contribution in [-0.4, -0.2) is 49.3 Å². The Balaban J connectivity index is 0. The summed E-state index contributed by atoms with van der Waals surface area (Å²) in [7, 11) is 2.08. The van der Waals surface area contributed by atoms with Gasteiger partial charge in [0, 0.05) is 19.1 Å². The number of aliphatic hydroxyl groups excluding tert-OH is 1. The molecular weight excluding hydrogens is 211 g/mol. The summed E-state index contributed by atoms with van der Waals surface area (Å²) in [5.41, 5.74) is 0. The van der Waals surface area contributed by atoms with Crippen molar-refractivity contribution >= 4 is 24.8 Å². The fourth-order valence-electron chi connectivity index (χ4n) is 1.55. The van der Waals surface area contributed by atoms with Crippen LogP contribution in [0, 0.1) is 0 Å². The second kappa shape index (κ2) is 9.03. The molecule has 1 unspecified atom stereocenters. The van der Waals surface area contributed by atoms with Crippen LogP contribution in [0.3, 0.4) is 0 Å². The third-order valence-electron chi connectivity index (χ3n) is 2.35. The van der Waals surface area contributed by atoms with E-state index in [2.05, 4.69) is 17.3 Å². The van der Waals surface area contributed by atoms with E-state index in [9.17, 15) is 0 Å². The molecule has 13 heavy (non-hydrogen) atoms. The molecule has 0 aromatic carbocycles. The molecule has 1 aliphatic heterocycles. The highest BCUT2D eigenvalue weighted by atomic mass is 35.5. The van der Waals surface area contributed by atoms with Gasteiger partial charge >= 0.3 is 0 Å². The monoisotopic (exact) mass is 230 g/mol. The first-order chi connectivity index (χ1) is 5.34. The van der Waals surface area contributed by atoms with Crippen LogP contribution in [0.2, 0.25) is 0 Å². The highest BCUT2D eigenvalue weighted by Crippen LogP contribution is 2.07. The van der Waals surface area contributed by atoms with Crippen molar-refractivity contribution in [1.82, 2.24) is 10.2 Å². The zero-order valence-corrected chi connectivity index (χ0v) is 9.66. The number of hydrogen-bond donors (Lipinski definition) is 2. The fraction of sp³-hybridized carbons (Fsp3) is 1.00. The minimum atomic E-state index is 0. The van der Waals surface area contributed by atoms with Crippen LogP contribution >= 0.6 is 24.8 Å². The minimum absolute atomic E-state index is 0. The quantitative estimate of drug-likeness (QED) is 0.742. The van der Waals surface area contributed by atoms with Crippen molar-refractivity contribution in [3.63, 3.8) is 0 Å². The standard InChI is InChI=1S/C8H18N2O.2ClH/c1-10(5-6-11)8-3-2-4-9-7-8;;/h8-9,11H,2-7H2,1H3;2*1H. The third-order valence-corrected chi connectivity index (χ3v) is 2.35. The van der Waals surface area contributed by atoms with Crippen molar-refractivity contribution < 1.29 is 5.11 Å². The molecule has 0 saturated carbocycles. The number of nitrogens with one attached hydrogen (secondary N) is 1. The summed E-state index contributed by atoms with van der Waals surface area (Å²) < 4.78 is 0. The zero-order valence-electron chi connectivity index (χ0n) is 8.03. The molecule has 1 rings (SSSR count). The van der Waals surface area contributed by atoms with E-state index in [4.69, 9.17) is 5.11 Å². The molecule has 0 bridgehead atoms. The Kier molecular flexibility index (Phi) is 11.1. The van der Waals surface area contributed by atoms with E-state index >= 15 is 0 Å². The Hall–Kier alpha value is 0.460. The second-order valence-electron chi connectivity index (χ2n) is 3.20. The smallest absolute Gasteiger partial charge is 0.0558 e. The summed E-state index contributed by atoms with van der Waals surface area (Å²) in [4.78, 5) is 2.23. The molecule has 5 heteroatoms. The molecule has 1 atom stereocenters. The highest BCUT2D eigenvalue weighted by Gasteiger charge is 2.16. The third kappa shape index (κ3) is 5.70. The van der Waals surface area contributed by atoms with Crippen LogP contribution in [0.25, 0.3) is 0 Å². The maximum Gasteiger partial charge on any atom is 0.0558 e. The number of piperidine rings is 1. The van der Waals surface area contributed by atoms with Gasteiger partial charge in [0.1, 0.15) is 0 Å². The first kappa shape index (κ1) is 15.9. The van der Waals surface area contributed by atoms with E-state index in [1.165, 1.54) is 12.8 Å². The lowest BCUT2D eigenvalue weighted by atomic mass is 10.1. The van der Waals surface area contributed by atoms with Crippen LogP contribution in [0.4, 0.5) is 0 Å². The second-order valence-corrected chi connectivity index (χ2v) is 3.20. The normalized spacial score (nSPS) is 21.9. The molecule has 0 radical (unpaired) electrons. The van der Waals surface area contributed by atoms with E-state index < -0.39 is 0 Å². The van der Waals surface area contributed by atoms with E-state index in [1.807, 2.05) is 0 Å². The Bertz CT molecular complexity index is 110. The van der Waals surface area contributed by atoms with E-state index in [0.717, 1.165) is 19.6 Å². The summed E-state index contributed by atoms with van der Waals surface area (Å²) in [6, 6.07) is 0.635. The number of nitrogens with zero attached hydrogens (tertiary/aromatic N) is 1. The molecule has 0 spiro atoms. The number of halogens is 2. The van der Waals surface area contributed by atoms with E-state index in [1.54, 1.807) is 0 Å². The Labute approximate surface area is 92.7 Å². The topological polar surface area (TPSA) is 35.5 Å². The van der Waals surface area contributed by atoms with Crippen LogP contribution in [0.15, 0.2) is 0 Å². The van der Waals surface area contributed by atoms with Gasteiger partial charge < -0.3 is 10.4 Å². The summed E-state index contributed by atoms with van der Waals surface area (Å²) in [6.07, 6.45) is 2.53. The maximum atomic E-state index is 8.71. The van der Waals surface area contributed by atoms with Crippen molar-refractivity contribution in [3.05, 3.63) is 0 Å². The zero-order chi connectivity index (χ0) is 8.10. The molecule has 1 heterocycles. The molecule has 2 N–H and O–H groups in total. The molecular formula is C8H20Cl2N2O. The number of likely N-dealkylation sites (N-methyl/N-ethyl adjacent to an activating group) is 1. The van der Waals surface area contributed by atoms with Gasteiger partial charge in [0.05, 0.1) is 6.61 Å². The van der Waals surface area contributed by atoms with Gasteiger partial charge in [-0.25, -0.2) is 0 Å². The molecule has 0 amide bonds. The summed E-state index contributed by atoms with van der Waals surface area (Å²) >= 11 is 0. The van der Waals surface area contributed by atoms with Gasteiger partial charge in [-0.1, -0.05) is 0 Å². The van der Waals surface area contributed by atoms with Crippen LogP contribution in [0.5, 0.6) is 0 Å². The average molecular weight is 231 g/mol. The van der Waals surface area contributed by atoms with Crippen molar-refractivity contribution in [2.24, 2.45) is 0 Å². The van der Waals surface area contributed by atoms with Crippen LogP contribution in [-0.2, 0) is 0 Å². The first-order valence-electron chi connectivity index (χ1n) is 4.36. The van der Waals surface area contributed by atoms with Gasteiger partial charge in [-0.2, -0.15) is 0 Å². The fourth-order valence-corrected chi connectivity index (χ4v) is 1.55. The number of hydrogen-bond acceptors (Lipinski definition) is 3. The largest absolute Gasteiger partial charge is 0.395 e. The van der Waals surface area contributed by atoms with E-state index in [0.29, 0.717) is 6.04 Å². The Morgan fingerprint density at radius 1 is 1.46 bits per heavy atom. The predicted molar refractivity (Wildman–Crippen MR) is 60.1 cm³/mol. The van der Waals surface area contributed by atoms with E-state index in [-0.39, 0.29) is 31.4 Å². The van der Waals surface area contributed by atoms with Crippen LogP contribution in [0.1, 0.15) is 12.8 Å². The number of aliphatic hydroxyl groups is 1. The van der Waals surface area contributed by atoms with Gasteiger partial charge in [0.2, 0.25) is 0 Å². The van der Waals surface area contributed by atoms with Crippen molar-refractivity contribution in [3.8, 4) is 0 Å². The lowest BCUT2D eigenvalue weighted by Crippen LogP contribution is -2.45. The lowest BCUT2D eigenvalue weighted by molar-refractivity contribution is 0.159. The highest BCUT2D eigenvalue weighted by molar-refractivity contribution is 5.85. The molecule has 0 aromatic heterocycles. The van der Waals surface area contributed by atoms with Crippen molar-refractivity contribution in [1.29, 1.82) is 0 Å². The molecule has 0 aromatic rings. The van der Waals surface area contributed by atoms with Gasteiger partial charge in [-0.3, -0.25) is 4.90 Å². The Morgan fingerprint density at radius 2 is 2.15 bits per heavy atom. The summed E-state index contributed by atoms with van der Waals surface area (Å²) in [5, 5.41) is 12.1. The average Bonchev–Trinajstić information content (AvgIpc) is 2.07. The molecule has 1 saturated heterocycles. The van der Waals surface area contributed by atoms with Gasteiger partial charge in [0.15, 0.2) is 0 Å². The van der Waals surface area contributed by atoms with Gasteiger partial charge in [-0.15, -0.1) is 24.8 Å². The summed E-state index contributed by atoms with van der Waals surface area (Å²) in [6.45, 7) is 3.30. The SMILES string of the molecule is CN(CCO)C1CCCNC1.Cl.Cl. The minimum Gasteiger partial charge on any atom is -0.395 e. The molecule has 0 aliphatic carbocycles. The lowest BCUT2D eigenvalue weighted by Gasteiger charge is -2.31. The molecule has 82 valence electrons. The predicted octanol–water partition coefficient (Wildman–Crippen LogP) is 0.506. The molecule has 3 nitrogen and oxygen atoms in total. The Morgan fingerprint density at radius 3 is 2.62 bits per heavy atom. The first-order valence-corrected chi connectivity index (χ1v) is 4.36. The maximum absolute atomic E-state index is 8.71. The summed E-state index contributed by atoms with van der Waals surface area (Å²) in [5.74, 6) is 0. The molecule has 1 fully saturated rings. The number of rotatable bonds is 3. The molecule has 1 aliphatic rings. The van der Waals surface area contributed by atoms with Crippen molar-refractivity contribution in [2.45, 2.75) is 18.9 Å². The van der Waals surface area contributed by atoms with Gasteiger partial charge in [-0.05, 0) is 26.4 Å². The van der Waals surface area contributed by atoms with Crippen LogP contribution < -0.4 is 5.32 Å². The van der Waals surface area contributed by atoms with Crippen molar-refractivity contribution in [2.75, 3.05) is 33.3 Å². The van der Waals surface area contributed by atoms with Gasteiger partial charge in [0.25, 0.3) is 0 Å².